The van der Waals surface area contributed by atoms with Gasteiger partial charge in [0.2, 0.25) is 0 Å². The van der Waals surface area contributed by atoms with E-state index in [2.05, 4.69) is 35.6 Å². The average Bonchev–Trinajstić information content (AvgIpc) is 2.88. The fourth-order valence-electron chi connectivity index (χ4n) is 4.12. The molecule has 0 aliphatic rings. The summed E-state index contributed by atoms with van der Waals surface area (Å²) >= 11 is 0. The Kier molecular flexibility index (Phi) is 20.7. The molecule has 0 aliphatic carbocycles. The van der Waals surface area contributed by atoms with Crippen LogP contribution in [0.1, 0.15) is 134 Å². The predicted octanol–water partition coefficient (Wildman–Crippen LogP) is 8.78. The molecular formula is C33H49NO3. The normalized spacial score (nSPS) is 10.5. The largest absolute Gasteiger partial charge is 0.507 e. The zero-order valence-electron chi connectivity index (χ0n) is 23.5. The maximum atomic E-state index is 12.0. The van der Waals surface area contributed by atoms with Crippen LogP contribution in [0, 0.1) is 23.7 Å². The Morgan fingerprint density at radius 2 is 1.32 bits per heavy atom. The number of carbonyl (C=O) groups is 1. The number of esters is 1. The van der Waals surface area contributed by atoms with E-state index in [1.54, 1.807) is 25.4 Å². The van der Waals surface area contributed by atoms with Crippen molar-refractivity contribution in [3.63, 3.8) is 0 Å². The molecule has 0 spiro atoms. The Morgan fingerprint density at radius 3 is 1.84 bits per heavy atom. The third-order valence-electron chi connectivity index (χ3n) is 6.33. The number of ether oxygens (including phenoxy) is 1. The van der Waals surface area contributed by atoms with Gasteiger partial charge in [-0.3, -0.25) is 9.79 Å². The Labute approximate surface area is 226 Å². The van der Waals surface area contributed by atoms with E-state index in [1.807, 2.05) is 0 Å². The molecule has 0 radical (unpaired) electrons. The Bertz CT molecular complexity index is 882. The molecule has 1 aromatic carbocycles. The first-order valence-electron chi connectivity index (χ1n) is 14.6. The number of hydrogen-bond donors (Lipinski definition) is 1. The first-order chi connectivity index (χ1) is 18.2. The van der Waals surface area contributed by atoms with Crippen molar-refractivity contribution in [2.75, 3.05) is 7.05 Å². The molecule has 0 amide bonds. The molecular weight excluding hydrogens is 458 g/mol. The van der Waals surface area contributed by atoms with E-state index in [0.29, 0.717) is 17.7 Å². The highest BCUT2D eigenvalue weighted by molar-refractivity contribution is 5.84. The molecule has 4 nitrogen and oxygen atoms in total. The van der Waals surface area contributed by atoms with Gasteiger partial charge in [0.05, 0.1) is 0 Å². The average molecular weight is 508 g/mol. The number of benzene rings is 1. The lowest BCUT2D eigenvalue weighted by atomic mass is 10.1. The van der Waals surface area contributed by atoms with Crippen molar-refractivity contribution < 1.29 is 14.6 Å². The van der Waals surface area contributed by atoms with Gasteiger partial charge >= 0.3 is 5.97 Å². The van der Waals surface area contributed by atoms with Gasteiger partial charge in [-0.25, -0.2) is 0 Å². The molecule has 0 unspecified atom stereocenters. The number of aromatic hydroxyl groups is 1. The van der Waals surface area contributed by atoms with E-state index in [1.165, 1.54) is 70.3 Å². The van der Waals surface area contributed by atoms with Crippen LogP contribution in [0.15, 0.2) is 23.2 Å². The smallest absolute Gasteiger partial charge is 0.311 e. The number of aliphatic imine (C=N–C) groups is 1. The number of phenolic OH excluding ortho intramolecular Hbond substituents is 1. The monoisotopic (exact) mass is 507 g/mol. The van der Waals surface area contributed by atoms with Crippen LogP contribution in [0.4, 0.5) is 0 Å². The summed E-state index contributed by atoms with van der Waals surface area (Å²) in [6.07, 6.45) is 23.8. The fourth-order valence-corrected chi connectivity index (χ4v) is 4.12. The van der Waals surface area contributed by atoms with Crippen LogP contribution >= 0.6 is 0 Å². The van der Waals surface area contributed by atoms with Gasteiger partial charge in [-0.1, -0.05) is 102 Å². The molecule has 0 saturated heterocycles. The third kappa shape index (κ3) is 19.1. The number of unbranched alkanes of at least 4 members (excludes halogenated alkanes) is 16. The summed E-state index contributed by atoms with van der Waals surface area (Å²) in [5, 5.41) is 9.90. The summed E-state index contributed by atoms with van der Waals surface area (Å²) < 4.78 is 5.31. The van der Waals surface area contributed by atoms with Gasteiger partial charge in [0.25, 0.3) is 0 Å². The molecule has 1 aromatic rings. The second-order valence-corrected chi connectivity index (χ2v) is 9.74. The third-order valence-corrected chi connectivity index (χ3v) is 6.33. The van der Waals surface area contributed by atoms with Gasteiger partial charge in [-0.15, -0.1) is 0 Å². The number of phenols is 1. The maximum Gasteiger partial charge on any atom is 0.311 e. The molecule has 0 aliphatic heterocycles. The molecule has 0 atom stereocenters. The number of rotatable bonds is 20. The standard InChI is InChI=1S/C33H49NO3/c1-3-4-5-6-7-8-9-10-11-12-13-14-15-16-17-18-19-20-21-22-23-24-25-33(36)37-31-27-26-30(29-34-2)32(35)28-31/h26-29,35H,3-13,18-25H2,1-2H3/b34-29+. The molecule has 37 heavy (non-hydrogen) atoms. The minimum Gasteiger partial charge on any atom is -0.507 e. The van der Waals surface area contributed by atoms with Crippen LogP contribution in [-0.4, -0.2) is 24.3 Å². The topological polar surface area (TPSA) is 58.9 Å². The van der Waals surface area contributed by atoms with Crippen molar-refractivity contribution in [1.82, 2.24) is 0 Å². The van der Waals surface area contributed by atoms with Gasteiger partial charge in [-0.05, 0) is 43.2 Å². The number of nitrogens with zero attached hydrogens (tertiary/aromatic N) is 1. The lowest BCUT2D eigenvalue weighted by molar-refractivity contribution is -0.134. The van der Waals surface area contributed by atoms with Crippen LogP contribution < -0.4 is 4.74 Å². The summed E-state index contributed by atoms with van der Waals surface area (Å²) in [7, 11) is 1.64. The molecule has 4 heteroatoms. The molecule has 0 bridgehead atoms. The van der Waals surface area contributed by atoms with Gasteiger partial charge in [0, 0.05) is 44.2 Å². The zero-order valence-corrected chi connectivity index (χ0v) is 23.5. The number of carbonyl (C=O) groups excluding carboxylic acids is 1. The van der Waals surface area contributed by atoms with Gasteiger partial charge < -0.3 is 9.84 Å². The van der Waals surface area contributed by atoms with Gasteiger partial charge in [0.1, 0.15) is 11.5 Å². The Morgan fingerprint density at radius 1 is 0.811 bits per heavy atom. The molecule has 0 fully saturated rings. The van der Waals surface area contributed by atoms with Crippen molar-refractivity contribution in [2.45, 2.75) is 129 Å². The molecule has 1 N–H and O–H groups in total. The van der Waals surface area contributed by atoms with Crippen molar-refractivity contribution in [3.8, 4) is 35.2 Å². The SMILES string of the molecule is CCCCCCCCCCCCC#CC#CCCCCCCCCC(=O)Oc1ccc(/C=N/C)c(O)c1. The molecule has 0 aromatic heterocycles. The van der Waals surface area contributed by atoms with E-state index < -0.39 is 0 Å². The fraction of sp³-hybridized carbons (Fsp3) is 0.636. The molecule has 0 heterocycles. The van der Waals surface area contributed by atoms with E-state index in [9.17, 15) is 9.90 Å². The first kappa shape index (κ1) is 32.3. The van der Waals surface area contributed by atoms with E-state index in [-0.39, 0.29) is 11.7 Å². The van der Waals surface area contributed by atoms with Crippen LogP contribution in [0.5, 0.6) is 11.5 Å². The minimum atomic E-state index is -0.263. The van der Waals surface area contributed by atoms with Crippen molar-refractivity contribution in [1.29, 1.82) is 0 Å². The Balaban J connectivity index is 1.92. The predicted molar refractivity (Wildman–Crippen MR) is 156 cm³/mol. The zero-order chi connectivity index (χ0) is 26.8. The summed E-state index contributed by atoms with van der Waals surface area (Å²) in [5.41, 5.74) is 0.598. The van der Waals surface area contributed by atoms with Crippen LogP contribution in [0.25, 0.3) is 0 Å². The lowest BCUT2D eigenvalue weighted by Gasteiger charge is -2.06. The molecule has 204 valence electrons. The first-order valence-corrected chi connectivity index (χ1v) is 14.6. The second kappa shape index (κ2) is 23.7. The van der Waals surface area contributed by atoms with Gasteiger partial charge in [0.15, 0.2) is 0 Å². The van der Waals surface area contributed by atoms with Crippen molar-refractivity contribution in [2.24, 2.45) is 4.99 Å². The van der Waals surface area contributed by atoms with Crippen LogP contribution in [0.2, 0.25) is 0 Å². The van der Waals surface area contributed by atoms with Gasteiger partial charge in [-0.2, -0.15) is 0 Å². The van der Waals surface area contributed by atoms with Crippen molar-refractivity contribution >= 4 is 12.2 Å². The van der Waals surface area contributed by atoms with E-state index in [4.69, 9.17) is 4.74 Å². The Hall–Kier alpha value is -2.72. The molecule has 0 saturated carbocycles. The van der Waals surface area contributed by atoms with Crippen LogP contribution in [-0.2, 0) is 4.79 Å². The lowest BCUT2D eigenvalue weighted by Crippen LogP contribution is -2.07. The highest BCUT2D eigenvalue weighted by Crippen LogP contribution is 2.23. The quantitative estimate of drug-likeness (QED) is 0.0631. The summed E-state index contributed by atoms with van der Waals surface area (Å²) in [4.78, 5) is 15.9. The maximum absolute atomic E-state index is 12.0. The summed E-state index contributed by atoms with van der Waals surface area (Å²) in [5.74, 6) is 12.5. The number of hydrogen-bond acceptors (Lipinski definition) is 4. The minimum absolute atomic E-state index is 0.0528. The van der Waals surface area contributed by atoms with E-state index >= 15 is 0 Å². The highest BCUT2D eigenvalue weighted by Gasteiger charge is 2.07. The van der Waals surface area contributed by atoms with Crippen LogP contribution in [0.3, 0.4) is 0 Å². The highest BCUT2D eigenvalue weighted by atomic mass is 16.5. The van der Waals surface area contributed by atoms with E-state index in [0.717, 1.165) is 51.4 Å². The van der Waals surface area contributed by atoms with Crippen molar-refractivity contribution in [3.05, 3.63) is 23.8 Å². The second-order valence-electron chi connectivity index (χ2n) is 9.74. The summed E-state index contributed by atoms with van der Waals surface area (Å²) in [6, 6.07) is 4.80. The molecule has 1 rings (SSSR count). The summed E-state index contributed by atoms with van der Waals surface area (Å²) in [6.45, 7) is 2.27.